The number of carbonyl (C=O) groups excluding carboxylic acids is 2. The molecule has 1 aromatic carbocycles. The fourth-order valence-electron chi connectivity index (χ4n) is 2.52. The Labute approximate surface area is 163 Å². The summed E-state index contributed by atoms with van der Waals surface area (Å²) in [5.41, 5.74) is 3.19. The molecule has 2 aromatic heterocycles. The average Bonchev–Trinajstić information content (AvgIpc) is 2.73. The average molecular weight is 375 g/mol. The van der Waals surface area contributed by atoms with Crippen molar-refractivity contribution in [1.82, 2.24) is 15.3 Å². The van der Waals surface area contributed by atoms with Crippen LogP contribution in [0.25, 0.3) is 0 Å². The van der Waals surface area contributed by atoms with Crippen molar-refractivity contribution in [3.63, 3.8) is 0 Å². The summed E-state index contributed by atoms with van der Waals surface area (Å²) in [5.74, 6) is -0.648. The van der Waals surface area contributed by atoms with E-state index in [0.29, 0.717) is 17.8 Å². The summed E-state index contributed by atoms with van der Waals surface area (Å²) < 4.78 is 0. The minimum absolute atomic E-state index is 0.185. The monoisotopic (exact) mass is 375 g/mol. The number of hydrogen-bond acceptors (Lipinski definition) is 5. The van der Waals surface area contributed by atoms with Crippen molar-refractivity contribution in [3.8, 4) is 0 Å². The summed E-state index contributed by atoms with van der Waals surface area (Å²) in [6, 6.07) is 14.2. The van der Waals surface area contributed by atoms with Crippen molar-refractivity contribution in [2.75, 3.05) is 24.3 Å². The second-order valence-corrected chi connectivity index (χ2v) is 6.36. The minimum Gasteiger partial charge on any atom is -0.378 e. The number of benzene rings is 1. The van der Waals surface area contributed by atoms with Gasteiger partial charge in [-0.2, -0.15) is 0 Å². The van der Waals surface area contributed by atoms with Crippen LogP contribution < -0.4 is 15.5 Å². The maximum Gasteiger partial charge on any atom is 0.270 e. The van der Waals surface area contributed by atoms with Crippen LogP contribution in [0.15, 0.2) is 67.1 Å². The van der Waals surface area contributed by atoms with Gasteiger partial charge in [0, 0.05) is 56.2 Å². The Morgan fingerprint density at radius 1 is 0.929 bits per heavy atom. The van der Waals surface area contributed by atoms with E-state index in [-0.39, 0.29) is 17.5 Å². The van der Waals surface area contributed by atoms with Crippen LogP contribution in [-0.2, 0) is 6.54 Å². The Bertz CT molecular complexity index is 956. The predicted molar refractivity (Wildman–Crippen MR) is 108 cm³/mol. The molecule has 0 saturated carbocycles. The van der Waals surface area contributed by atoms with Gasteiger partial charge in [0.25, 0.3) is 11.8 Å². The zero-order chi connectivity index (χ0) is 19.9. The second kappa shape index (κ2) is 8.77. The summed E-state index contributed by atoms with van der Waals surface area (Å²) in [5, 5.41) is 5.61. The maximum absolute atomic E-state index is 12.5. The van der Waals surface area contributed by atoms with Gasteiger partial charge in [0.2, 0.25) is 0 Å². The highest BCUT2D eigenvalue weighted by atomic mass is 16.2. The van der Waals surface area contributed by atoms with Gasteiger partial charge in [-0.15, -0.1) is 0 Å². The number of carbonyl (C=O) groups is 2. The molecule has 142 valence electrons. The summed E-state index contributed by atoms with van der Waals surface area (Å²) in [6.45, 7) is 0.359. The van der Waals surface area contributed by atoms with E-state index in [0.717, 1.165) is 11.3 Å². The lowest BCUT2D eigenvalue weighted by atomic mass is 10.2. The van der Waals surface area contributed by atoms with E-state index in [1.807, 2.05) is 55.4 Å². The molecule has 0 atom stereocenters. The van der Waals surface area contributed by atoms with E-state index in [1.165, 1.54) is 12.3 Å². The topological polar surface area (TPSA) is 87.2 Å². The highest BCUT2D eigenvalue weighted by Crippen LogP contribution is 2.16. The molecule has 2 heterocycles. The molecule has 0 spiro atoms. The molecule has 0 aliphatic rings. The van der Waals surface area contributed by atoms with Crippen LogP contribution >= 0.6 is 0 Å². The van der Waals surface area contributed by atoms with Crippen molar-refractivity contribution in [1.29, 1.82) is 0 Å². The molecule has 2 amide bonds. The fourth-order valence-corrected chi connectivity index (χ4v) is 2.52. The smallest absolute Gasteiger partial charge is 0.270 e. The van der Waals surface area contributed by atoms with Crippen molar-refractivity contribution < 1.29 is 9.59 Å². The van der Waals surface area contributed by atoms with Crippen LogP contribution in [0.1, 0.15) is 26.4 Å². The molecule has 0 radical (unpaired) electrons. The molecule has 7 nitrogen and oxygen atoms in total. The lowest BCUT2D eigenvalue weighted by Crippen LogP contribution is -2.24. The molecule has 0 unspecified atom stereocenters. The predicted octanol–water partition coefficient (Wildman–Crippen LogP) is 2.72. The second-order valence-electron chi connectivity index (χ2n) is 6.36. The number of nitrogens with one attached hydrogen (secondary N) is 2. The van der Waals surface area contributed by atoms with E-state index < -0.39 is 0 Å². The Morgan fingerprint density at radius 3 is 2.32 bits per heavy atom. The number of anilines is 2. The van der Waals surface area contributed by atoms with E-state index in [9.17, 15) is 9.59 Å². The van der Waals surface area contributed by atoms with Crippen LogP contribution in [0.5, 0.6) is 0 Å². The van der Waals surface area contributed by atoms with Gasteiger partial charge in [0.05, 0.1) is 0 Å². The largest absolute Gasteiger partial charge is 0.378 e. The molecule has 3 aromatic rings. The molecule has 7 heteroatoms. The van der Waals surface area contributed by atoms with Crippen molar-refractivity contribution in [2.45, 2.75) is 6.54 Å². The van der Waals surface area contributed by atoms with E-state index >= 15 is 0 Å². The summed E-state index contributed by atoms with van der Waals surface area (Å²) >= 11 is 0. The normalized spacial score (nSPS) is 10.2. The third-order valence-corrected chi connectivity index (χ3v) is 4.10. The van der Waals surface area contributed by atoms with Gasteiger partial charge >= 0.3 is 0 Å². The van der Waals surface area contributed by atoms with Gasteiger partial charge in [-0.25, -0.2) is 0 Å². The molecular weight excluding hydrogens is 354 g/mol. The van der Waals surface area contributed by atoms with Crippen LogP contribution in [-0.4, -0.2) is 35.9 Å². The molecule has 0 bridgehead atoms. The van der Waals surface area contributed by atoms with Crippen LogP contribution in [0.3, 0.4) is 0 Å². The zero-order valence-electron chi connectivity index (χ0n) is 15.7. The lowest BCUT2D eigenvalue weighted by molar-refractivity contribution is 0.0946. The van der Waals surface area contributed by atoms with Gasteiger partial charge in [0.15, 0.2) is 0 Å². The van der Waals surface area contributed by atoms with Gasteiger partial charge in [0.1, 0.15) is 5.69 Å². The Hall–Kier alpha value is -3.74. The molecular formula is C21H21N5O2. The highest BCUT2D eigenvalue weighted by molar-refractivity contribution is 6.05. The minimum atomic E-state index is -0.346. The number of pyridine rings is 2. The quantitative estimate of drug-likeness (QED) is 0.692. The summed E-state index contributed by atoms with van der Waals surface area (Å²) in [7, 11) is 3.90. The number of hydrogen-bond donors (Lipinski definition) is 2. The van der Waals surface area contributed by atoms with E-state index in [1.54, 1.807) is 18.5 Å². The van der Waals surface area contributed by atoms with E-state index in [2.05, 4.69) is 20.6 Å². The number of amides is 2. The van der Waals surface area contributed by atoms with Crippen molar-refractivity contribution in [2.24, 2.45) is 0 Å². The molecule has 2 N–H and O–H groups in total. The summed E-state index contributed by atoms with van der Waals surface area (Å²) in [6.07, 6.45) is 4.77. The number of aromatic nitrogens is 2. The van der Waals surface area contributed by atoms with Crippen molar-refractivity contribution in [3.05, 3.63) is 83.9 Å². The molecule has 0 fully saturated rings. The van der Waals surface area contributed by atoms with Crippen LogP contribution in [0.2, 0.25) is 0 Å². The first kappa shape index (κ1) is 19.0. The van der Waals surface area contributed by atoms with Crippen molar-refractivity contribution >= 4 is 23.2 Å². The Kier molecular flexibility index (Phi) is 5.96. The van der Waals surface area contributed by atoms with Crippen LogP contribution in [0, 0.1) is 0 Å². The van der Waals surface area contributed by atoms with E-state index in [4.69, 9.17) is 0 Å². The lowest BCUT2D eigenvalue weighted by Gasteiger charge is -2.13. The highest BCUT2D eigenvalue weighted by Gasteiger charge is 2.12. The molecule has 3 rings (SSSR count). The zero-order valence-corrected chi connectivity index (χ0v) is 15.7. The number of rotatable bonds is 6. The van der Waals surface area contributed by atoms with Gasteiger partial charge in [-0.3, -0.25) is 19.6 Å². The molecule has 28 heavy (non-hydrogen) atoms. The third kappa shape index (κ3) is 4.91. The first-order valence-corrected chi connectivity index (χ1v) is 8.75. The first-order chi connectivity index (χ1) is 13.5. The van der Waals surface area contributed by atoms with Crippen LogP contribution in [0.4, 0.5) is 11.4 Å². The van der Waals surface area contributed by atoms with Gasteiger partial charge in [-0.1, -0.05) is 0 Å². The number of nitrogens with zero attached hydrogens (tertiary/aromatic N) is 3. The molecule has 0 aliphatic carbocycles. The fraction of sp³-hybridized carbons (Fsp3) is 0.143. The van der Waals surface area contributed by atoms with Gasteiger partial charge in [-0.05, 0) is 54.1 Å². The standard InChI is InChI=1S/C21H21N5O2/c1-26(2)18-5-3-17(4-6-18)25-20(27)16-9-12-23-19(13-16)21(28)24-14-15-7-10-22-11-8-15/h3-13H,14H2,1-2H3,(H,24,28)(H,25,27). The Morgan fingerprint density at radius 2 is 1.64 bits per heavy atom. The first-order valence-electron chi connectivity index (χ1n) is 8.75. The Balaban J connectivity index is 1.64. The third-order valence-electron chi connectivity index (χ3n) is 4.10. The summed E-state index contributed by atoms with van der Waals surface area (Å²) in [4.78, 5) is 34.8. The molecule has 0 aliphatic heterocycles. The molecule has 0 saturated heterocycles. The van der Waals surface area contributed by atoms with Gasteiger partial charge < -0.3 is 15.5 Å². The maximum atomic E-state index is 12.5. The SMILES string of the molecule is CN(C)c1ccc(NC(=O)c2ccnc(C(=O)NCc3ccncc3)c2)cc1.